The second kappa shape index (κ2) is 7.59. The van der Waals surface area contributed by atoms with Crippen molar-refractivity contribution in [3.05, 3.63) is 53.6 Å². The number of hydrogen-bond acceptors (Lipinski definition) is 5. The van der Waals surface area contributed by atoms with Gasteiger partial charge in [-0.25, -0.2) is 4.98 Å². The van der Waals surface area contributed by atoms with Gasteiger partial charge in [0, 0.05) is 6.20 Å². The number of fused-ring (bicyclic) bond motifs is 1. The van der Waals surface area contributed by atoms with Crippen LogP contribution >= 0.6 is 0 Å². The summed E-state index contributed by atoms with van der Waals surface area (Å²) in [6, 6.07) is 7.51. The number of nitrogens with one attached hydrogen (secondary N) is 2. The number of amides is 1. The molecule has 0 spiro atoms. The number of carbonyl (C=O) groups excluding carboxylic acids is 1. The van der Waals surface area contributed by atoms with E-state index in [0.29, 0.717) is 18.6 Å². The van der Waals surface area contributed by atoms with Crippen molar-refractivity contribution in [1.29, 1.82) is 0 Å². The van der Waals surface area contributed by atoms with Gasteiger partial charge < -0.3 is 20.1 Å². The van der Waals surface area contributed by atoms with Gasteiger partial charge in [0.15, 0.2) is 0 Å². The van der Waals surface area contributed by atoms with E-state index in [1.807, 2.05) is 31.2 Å². The van der Waals surface area contributed by atoms with Crippen molar-refractivity contribution in [2.45, 2.75) is 38.3 Å². The van der Waals surface area contributed by atoms with Crippen LogP contribution in [0.1, 0.15) is 35.8 Å². The average Bonchev–Trinajstić information content (AvgIpc) is 3.03. The number of aliphatic hydroxyl groups is 1. The quantitative estimate of drug-likeness (QED) is 0.610. The van der Waals surface area contributed by atoms with Gasteiger partial charge in [-0.2, -0.15) is 0 Å². The fourth-order valence-corrected chi connectivity index (χ4v) is 3.80. The Morgan fingerprint density at radius 1 is 1.36 bits per heavy atom. The summed E-state index contributed by atoms with van der Waals surface area (Å²) < 4.78 is 5.27. The zero-order chi connectivity index (χ0) is 19.7. The van der Waals surface area contributed by atoms with Crippen LogP contribution in [0.5, 0.6) is 5.75 Å². The summed E-state index contributed by atoms with van der Waals surface area (Å²) in [7, 11) is 1.59. The molecule has 146 valence electrons. The van der Waals surface area contributed by atoms with Crippen molar-refractivity contribution >= 4 is 16.9 Å². The molecule has 1 saturated carbocycles. The van der Waals surface area contributed by atoms with Crippen LogP contribution in [0.2, 0.25) is 0 Å². The Kier molecular flexibility index (Phi) is 5.00. The first kappa shape index (κ1) is 18.4. The first-order valence-corrected chi connectivity index (χ1v) is 9.43. The lowest BCUT2D eigenvalue weighted by Crippen LogP contribution is -2.41. The molecule has 1 atom stereocenters. The Morgan fingerprint density at radius 3 is 2.93 bits per heavy atom. The minimum Gasteiger partial charge on any atom is -0.495 e. The number of imidazole rings is 1. The molecular formula is C21H24N4O3. The maximum Gasteiger partial charge on any atom is 0.224 e. The van der Waals surface area contributed by atoms with Gasteiger partial charge in [-0.15, -0.1) is 0 Å². The van der Waals surface area contributed by atoms with E-state index in [-0.39, 0.29) is 30.4 Å². The van der Waals surface area contributed by atoms with Crippen LogP contribution in [0.25, 0.3) is 11.0 Å². The Hall–Kier alpha value is -2.93. The minimum absolute atomic E-state index is 0.0650. The van der Waals surface area contributed by atoms with Gasteiger partial charge in [0.2, 0.25) is 5.91 Å². The van der Waals surface area contributed by atoms with Gasteiger partial charge in [0.25, 0.3) is 0 Å². The molecule has 3 aromatic rings. The molecule has 1 fully saturated rings. The number of aryl methyl sites for hydroxylation is 1. The molecule has 0 radical (unpaired) electrons. The Bertz CT molecular complexity index is 994. The lowest BCUT2D eigenvalue weighted by molar-refractivity contribution is -0.122. The van der Waals surface area contributed by atoms with Crippen LogP contribution in [0.4, 0.5) is 0 Å². The van der Waals surface area contributed by atoms with Crippen LogP contribution in [0.15, 0.2) is 36.7 Å². The number of ether oxygens (including phenoxy) is 1. The second-order valence-electron chi connectivity index (χ2n) is 7.44. The Morgan fingerprint density at radius 2 is 2.18 bits per heavy atom. The molecule has 0 aliphatic heterocycles. The Labute approximate surface area is 163 Å². The molecule has 4 rings (SSSR count). The van der Waals surface area contributed by atoms with Crippen LogP contribution in [-0.2, 0) is 11.2 Å². The van der Waals surface area contributed by atoms with Gasteiger partial charge >= 0.3 is 0 Å². The summed E-state index contributed by atoms with van der Waals surface area (Å²) in [5.41, 5.74) is 3.64. The van der Waals surface area contributed by atoms with Crippen molar-refractivity contribution in [2.75, 3.05) is 7.11 Å². The van der Waals surface area contributed by atoms with Crippen LogP contribution < -0.4 is 10.1 Å². The molecule has 1 aliphatic rings. The highest BCUT2D eigenvalue weighted by atomic mass is 16.5. The number of nitrogens with zero attached hydrogens (tertiary/aromatic N) is 2. The third-order valence-corrected chi connectivity index (χ3v) is 5.30. The van der Waals surface area contributed by atoms with E-state index in [4.69, 9.17) is 4.74 Å². The predicted molar refractivity (Wildman–Crippen MR) is 105 cm³/mol. The van der Waals surface area contributed by atoms with Gasteiger partial charge in [0.05, 0.1) is 42.9 Å². The number of hydrogen-bond donors (Lipinski definition) is 3. The lowest BCUT2D eigenvalue weighted by atomic mass is 9.75. The molecule has 2 aromatic heterocycles. The molecule has 0 bridgehead atoms. The minimum atomic E-state index is -0.297. The summed E-state index contributed by atoms with van der Waals surface area (Å²) in [4.78, 5) is 24.6. The molecule has 0 saturated heterocycles. The molecule has 1 aromatic carbocycles. The molecule has 2 heterocycles. The third kappa shape index (κ3) is 3.84. The standard InChI is InChI=1S/C21H24N4O3/c1-12-23-18-4-3-13(5-19(18)24-12)6-20(27)25-21(14-7-16(26)8-14)15-9-17(28-2)11-22-10-15/h3-5,9-11,14,16,21,26H,6-8H2,1-2H3,(H,23,24)(H,25,27)/t14?,16?,21-/m1/s1. The first-order valence-electron chi connectivity index (χ1n) is 9.43. The number of pyridine rings is 1. The fraction of sp³-hybridized carbons (Fsp3) is 0.381. The Balaban J connectivity index is 1.51. The number of aromatic nitrogens is 3. The maximum absolute atomic E-state index is 12.8. The number of rotatable bonds is 6. The van der Waals surface area contributed by atoms with Crippen molar-refractivity contribution in [3.63, 3.8) is 0 Å². The van der Waals surface area contributed by atoms with E-state index in [9.17, 15) is 9.90 Å². The molecule has 7 nitrogen and oxygen atoms in total. The predicted octanol–water partition coefficient (Wildman–Crippen LogP) is 2.45. The van der Waals surface area contributed by atoms with E-state index in [1.54, 1.807) is 19.5 Å². The van der Waals surface area contributed by atoms with Crippen LogP contribution in [0.3, 0.4) is 0 Å². The van der Waals surface area contributed by atoms with Crippen molar-refractivity contribution in [2.24, 2.45) is 5.92 Å². The highest BCUT2D eigenvalue weighted by Gasteiger charge is 2.36. The SMILES string of the molecule is COc1cncc([C@H](NC(=O)Cc2ccc3nc(C)[nH]c3c2)C2CC(O)C2)c1. The van der Waals surface area contributed by atoms with Gasteiger partial charge in [0.1, 0.15) is 11.6 Å². The zero-order valence-electron chi connectivity index (χ0n) is 16.0. The lowest BCUT2D eigenvalue weighted by Gasteiger charge is -2.38. The van der Waals surface area contributed by atoms with Crippen molar-refractivity contribution < 1.29 is 14.6 Å². The van der Waals surface area contributed by atoms with E-state index >= 15 is 0 Å². The molecule has 1 amide bonds. The normalized spacial score (nSPS) is 19.8. The zero-order valence-corrected chi connectivity index (χ0v) is 16.0. The summed E-state index contributed by atoms with van der Waals surface area (Å²) in [6.07, 6.45) is 4.70. The van der Waals surface area contributed by atoms with E-state index in [0.717, 1.165) is 28.0 Å². The highest BCUT2D eigenvalue weighted by molar-refractivity contribution is 5.82. The monoisotopic (exact) mass is 380 g/mol. The molecule has 7 heteroatoms. The summed E-state index contributed by atoms with van der Waals surface area (Å²) >= 11 is 0. The summed E-state index contributed by atoms with van der Waals surface area (Å²) in [5, 5.41) is 12.9. The van der Waals surface area contributed by atoms with E-state index in [1.165, 1.54) is 0 Å². The number of aromatic amines is 1. The topological polar surface area (TPSA) is 100 Å². The third-order valence-electron chi connectivity index (χ3n) is 5.30. The average molecular weight is 380 g/mol. The molecule has 0 unspecified atom stereocenters. The molecule has 3 N–H and O–H groups in total. The second-order valence-corrected chi connectivity index (χ2v) is 7.44. The first-order chi connectivity index (χ1) is 13.5. The van der Waals surface area contributed by atoms with Crippen molar-refractivity contribution in [3.8, 4) is 5.75 Å². The molecular weight excluding hydrogens is 356 g/mol. The number of methoxy groups -OCH3 is 1. The summed E-state index contributed by atoms with van der Waals surface area (Å²) in [5.74, 6) is 1.62. The largest absolute Gasteiger partial charge is 0.495 e. The van der Waals surface area contributed by atoms with Gasteiger partial charge in [-0.1, -0.05) is 6.07 Å². The van der Waals surface area contributed by atoms with Crippen LogP contribution in [-0.4, -0.2) is 39.2 Å². The van der Waals surface area contributed by atoms with E-state index < -0.39 is 0 Å². The highest BCUT2D eigenvalue weighted by Crippen LogP contribution is 2.38. The fourth-order valence-electron chi connectivity index (χ4n) is 3.80. The van der Waals surface area contributed by atoms with Gasteiger partial charge in [-0.3, -0.25) is 9.78 Å². The number of benzene rings is 1. The molecule has 1 aliphatic carbocycles. The number of aliphatic hydroxyl groups excluding tert-OH is 1. The number of H-pyrrole nitrogens is 1. The van der Waals surface area contributed by atoms with E-state index in [2.05, 4.69) is 20.3 Å². The van der Waals surface area contributed by atoms with Crippen molar-refractivity contribution in [1.82, 2.24) is 20.3 Å². The maximum atomic E-state index is 12.8. The smallest absolute Gasteiger partial charge is 0.224 e. The molecule has 28 heavy (non-hydrogen) atoms. The summed E-state index contributed by atoms with van der Waals surface area (Å²) in [6.45, 7) is 1.91. The van der Waals surface area contributed by atoms with Gasteiger partial charge in [-0.05, 0) is 55.0 Å². The number of carbonyl (C=O) groups is 1. The van der Waals surface area contributed by atoms with Crippen LogP contribution in [0, 0.1) is 12.8 Å².